The Labute approximate surface area is 152 Å². The van der Waals surface area contributed by atoms with Crippen molar-refractivity contribution in [3.8, 4) is 11.3 Å². The van der Waals surface area contributed by atoms with Gasteiger partial charge < -0.3 is 4.74 Å². The summed E-state index contributed by atoms with van der Waals surface area (Å²) in [4.78, 5) is 34.3. The largest absolute Gasteiger partial charge is 0.444 e. The number of rotatable bonds is 2. The molecule has 1 N–H and O–H groups in total. The summed E-state index contributed by atoms with van der Waals surface area (Å²) in [6.07, 6.45) is -0.393. The zero-order valence-electron chi connectivity index (χ0n) is 15.4. The van der Waals surface area contributed by atoms with Gasteiger partial charge in [-0.05, 0) is 20.8 Å². The quantitative estimate of drug-likeness (QED) is 0.894. The number of hydrogen-bond donors (Lipinski definition) is 1. The Kier molecular flexibility index (Phi) is 4.63. The van der Waals surface area contributed by atoms with Crippen molar-refractivity contribution >= 4 is 17.9 Å². The molecule has 1 aromatic carbocycles. The van der Waals surface area contributed by atoms with Gasteiger partial charge in [0, 0.05) is 18.1 Å². The summed E-state index contributed by atoms with van der Waals surface area (Å²) in [6.45, 7) is 7.59. The van der Waals surface area contributed by atoms with E-state index in [1.807, 2.05) is 51.1 Å². The Morgan fingerprint density at radius 3 is 2.42 bits per heavy atom. The first kappa shape index (κ1) is 17.8. The van der Waals surface area contributed by atoms with E-state index in [1.165, 1.54) is 6.92 Å². The second-order valence-corrected chi connectivity index (χ2v) is 7.20. The molecule has 1 aromatic heterocycles. The lowest BCUT2D eigenvalue weighted by molar-refractivity contribution is -0.114. The van der Waals surface area contributed by atoms with Crippen molar-refractivity contribution in [2.45, 2.75) is 46.4 Å². The Balaban J connectivity index is 1.97. The van der Waals surface area contributed by atoms with Crippen LogP contribution in [0.2, 0.25) is 0 Å². The normalized spacial score (nSPS) is 13.3. The predicted octanol–water partition coefficient (Wildman–Crippen LogP) is 3.35. The van der Waals surface area contributed by atoms with Crippen LogP contribution in [-0.4, -0.2) is 32.5 Å². The topological polar surface area (TPSA) is 84.4 Å². The minimum absolute atomic E-state index is 0.237. The average Bonchev–Trinajstić information content (AvgIpc) is 2.97. The van der Waals surface area contributed by atoms with Crippen LogP contribution in [0.3, 0.4) is 0 Å². The minimum Gasteiger partial charge on any atom is -0.444 e. The van der Waals surface area contributed by atoms with E-state index >= 15 is 0 Å². The maximum atomic E-state index is 12.4. The molecule has 26 heavy (non-hydrogen) atoms. The van der Waals surface area contributed by atoms with Gasteiger partial charge in [0.2, 0.25) is 11.9 Å². The SMILES string of the molecule is CC(=O)Nc1nc2c(c(-c3ccccc3)n1)CN(C(=O)OC(C)(C)C)C2. The van der Waals surface area contributed by atoms with E-state index in [9.17, 15) is 9.59 Å². The molecule has 0 saturated carbocycles. The van der Waals surface area contributed by atoms with Gasteiger partial charge in [-0.2, -0.15) is 0 Å². The van der Waals surface area contributed by atoms with Crippen molar-refractivity contribution in [2.24, 2.45) is 0 Å². The Morgan fingerprint density at radius 2 is 1.81 bits per heavy atom. The number of fused-ring (bicyclic) bond motifs is 1. The number of ether oxygens (including phenoxy) is 1. The number of amides is 2. The molecule has 0 fully saturated rings. The molecule has 136 valence electrons. The maximum absolute atomic E-state index is 12.4. The average molecular weight is 354 g/mol. The van der Waals surface area contributed by atoms with Crippen molar-refractivity contribution in [2.75, 3.05) is 5.32 Å². The molecule has 2 amide bonds. The van der Waals surface area contributed by atoms with Crippen LogP contribution in [0.5, 0.6) is 0 Å². The molecular weight excluding hydrogens is 332 g/mol. The van der Waals surface area contributed by atoms with Gasteiger partial charge in [0.05, 0.1) is 24.5 Å². The van der Waals surface area contributed by atoms with Gasteiger partial charge in [-0.1, -0.05) is 30.3 Å². The molecule has 2 heterocycles. The Bertz CT molecular complexity index is 844. The summed E-state index contributed by atoms with van der Waals surface area (Å²) in [5, 5.41) is 2.63. The molecule has 7 nitrogen and oxygen atoms in total. The highest BCUT2D eigenvalue weighted by Crippen LogP contribution is 2.32. The van der Waals surface area contributed by atoms with Gasteiger partial charge in [-0.15, -0.1) is 0 Å². The van der Waals surface area contributed by atoms with Crippen molar-refractivity contribution in [3.05, 3.63) is 41.6 Å². The lowest BCUT2D eigenvalue weighted by atomic mass is 10.1. The van der Waals surface area contributed by atoms with Gasteiger partial charge in [0.1, 0.15) is 5.60 Å². The lowest BCUT2D eigenvalue weighted by Crippen LogP contribution is -2.33. The van der Waals surface area contributed by atoms with Crippen molar-refractivity contribution in [1.29, 1.82) is 0 Å². The smallest absolute Gasteiger partial charge is 0.410 e. The van der Waals surface area contributed by atoms with E-state index in [1.54, 1.807) is 4.90 Å². The lowest BCUT2D eigenvalue weighted by Gasteiger charge is -2.24. The number of nitrogens with zero attached hydrogens (tertiary/aromatic N) is 3. The van der Waals surface area contributed by atoms with Crippen LogP contribution in [0.1, 0.15) is 39.0 Å². The second kappa shape index (κ2) is 6.74. The first-order valence-corrected chi connectivity index (χ1v) is 8.43. The molecule has 0 aliphatic carbocycles. The van der Waals surface area contributed by atoms with Gasteiger partial charge in [-0.3, -0.25) is 15.0 Å². The van der Waals surface area contributed by atoms with E-state index in [0.29, 0.717) is 24.5 Å². The number of carbonyl (C=O) groups excluding carboxylic acids is 2. The summed E-state index contributed by atoms with van der Waals surface area (Å²) in [7, 11) is 0. The van der Waals surface area contributed by atoms with Crippen LogP contribution in [-0.2, 0) is 22.6 Å². The molecule has 1 aliphatic rings. The summed E-state index contributed by atoms with van der Waals surface area (Å²) in [5.74, 6) is -0.00732. The molecule has 0 bridgehead atoms. The molecule has 1 aliphatic heterocycles. The van der Waals surface area contributed by atoms with Gasteiger partial charge in [0.25, 0.3) is 0 Å². The zero-order chi connectivity index (χ0) is 18.9. The van der Waals surface area contributed by atoms with Crippen molar-refractivity contribution in [1.82, 2.24) is 14.9 Å². The van der Waals surface area contributed by atoms with Crippen LogP contribution in [0, 0.1) is 0 Å². The van der Waals surface area contributed by atoms with Crippen LogP contribution < -0.4 is 5.32 Å². The van der Waals surface area contributed by atoms with Crippen LogP contribution in [0.15, 0.2) is 30.3 Å². The first-order valence-electron chi connectivity index (χ1n) is 8.43. The fourth-order valence-corrected chi connectivity index (χ4v) is 2.76. The molecule has 2 aromatic rings. The van der Waals surface area contributed by atoms with Crippen LogP contribution in [0.25, 0.3) is 11.3 Å². The van der Waals surface area contributed by atoms with E-state index < -0.39 is 11.7 Å². The van der Waals surface area contributed by atoms with E-state index in [0.717, 1.165) is 11.1 Å². The monoisotopic (exact) mass is 354 g/mol. The molecule has 0 spiro atoms. The molecular formula is C19H22N4O3. The third kappa shape index (κ3) is 3.99. The fraction of sp³-hybridized carbons (Fsp3) is 0.368. The van der Waals surface area contributed by atoms with Gasteiger partial charge >= 0.3 is 6.09 Å². The van der Waals surface area contributed by atoms with E-state index in [4.69, 9.17) is 4.74 Å². The molecule has 0 atom stereocenters. The predicted molar refractivity (Wildman–Crippen MR) is 97.3 cm³/mol. The Hall–Kier alpha value is -2.96. The number of carbonyl (C=O) groups is 2. The number of hydrogen-bond acceptors (Lipinski definition) is 5. The van der Waals surface area contributed by atoms with E-state index in [-0.39, 0.29) is 11.9 Å². The third-order valence-electron chi connectivity index (χ3n) is 3.77. The number of benzene rings is 1. The third-order valence-corrected chi connectivity index (χ3v) is 3.77. The summed E-state index contributed by atoms with van der Waals surface area (Å²) < 4.78 is 5.46. The summed E-state index contributed by atoms with van der Waals surface area (Å²) in [5.41, 5.74) is 2.64. The molecule has 0 unspecified atom stereocenters. The number of nitrogens with one attached hydrogen (secondary N) is 1. The van der Waals surface area contributed by atoms with Crippen molar-refractivity contribution in [3.63, 3.8) is 0 Å². The molecule has 0 radical (unpaired) electrons. The highest BCUT2D eigenvalue weighted by atomic mass is 16.6. The molecule has 7 heteroatoms. The number of anilines is 1. The summed E-state index contributed by atoms with van der Waals surface area (Å²) >= 11 is 0. The van der Waals surface area contributed by atoms with Crippen LogP contribution >= 0.6 is 0 Å². The fourth-order valence-electron chi connectivity index (χ4n) is 2.76. The minimum atomic E-state index is -0.568. The van der Waals surface area contributed by atoms with Crippen LogP contribution in [0.4, 0.5) is 10.7 Å². The number of aromatic nitrogens is 2. The summed E-state index contributed by atoms with van der Waals surface area (Å²) in [6, 6.07) is 9.64. The first-order chi connectivity index (χ1) is 12.2. The zero-order valence-corrected chi connectivity index (χ0v) is 15.4. The van der Waals surface area contributed by atoms with E-state index in [2.05, 4.69) is 15.3 Å². The highest BCUT2D eigenvalue weighted by Gasteiger charge is 2.31. The second-order valence-electron chi connectivity index (χ2n) is 7.20. The maximum Gasteiger partial charge on any atom is 0.410 e. The van der Waals surface area contributed by atoms with Gasteiger partial charge in [0.15, 0.2) is 0 Å². The highest BCUT2D eigenvalue weighted by molar-refractivity contribution is 5.87. The molecule has 3 rings (SSSR count). The standard InChI is InChI=1S/C19H22N4O3/c1-12(24)20-17-21-15-11-23(18(25)26-19(2,3)4)10-14(15)16(22-17)13-8-6-5-7-9-13/h5-9H,10-11H2,1-4H3,(H,20,21,22,24). The van der Waals surface area contributed by atoms with Crippen molar-refractivity contribution < 1.29 is 14.3 Å². The van der Waals surface area contributed by atoms with Gasteiger partial charge in [-0.25, -0.2) is 14.8 Å². The Morgan fingerprint density at radius 1 is 1.12 bits per heavy atom. The molecule has 0 saturated heterocycles.